The second kappa shape index (κ2) is 5.03. The maximum atomic E-state index is 5.69. The van der Waals surface area contributed by atoms with E-state index in [1.165, 1.54) is 12.0 Å². The zero-order chi connectivity index (χ0) is 9.68. The third-order valence-corrected chi connectivity index (χ3v) is 2.73. The molecule has 1 rings (SSSR count). The third kappa shape index (κ3) is 2.56. The number of nitrogens with two attached hydrogens (primary N) is 1. The van der Waals surface area contributed by atoms with Crippen molar-refractivity contribution in [3.63, 3.8) is 0 Å². The molecule has 0 aliphatic heterocycles. The van der Waals surface area contributed by atoms with Gasteiger partial charge in [0.1, 0.15) is 0 Å². The van der Waals surface area contributed by atoms with E-state index in [1.807, 2.05) is 0 Å². The molecule has 2 unspecified atom stereocenters. The van der Waals surface area contributed by atoms with Crippen LogP contribution in [0.4, 0.5) is 0 Å². The average molecular weight is 177 g/mol. The lowest BCUT2D eigenvalue weighted by Gasteiger charge is -2.21. The van der Waals surface area contributed by atoms with Crippen molar-refractivity contribution in [3.05, 3.63) is 35.9 Å². The minimum atomic E-state index is 0.576. The molecular weight excluding hydrogens is 158 g/mol. The minimum Gasteiger partial charge on any atom is -0.330 e. The number of benzene rings is 1. The predicted octanol–water partition coefficient (Wildman–Crippen LogP) is 2.78. The Morgan fingerprint density at radius 3 is 2.31 bits per heavy atom. The second-order valence-corrected chi connectivity index (χ2v) is 3.64. The lowest BCUT2D eigenvalue weighted by molar-refractivity contribution is 0.457. The quantitative estimate of drug-likeness (QED) is 0.752. The molecule has 0 bridgehead atoms. The highest BCUT2D eigenvalue weighted by atomic mass is 14.5. The van der Waals surface area contributed by atoms with Crippen LogP contribution in [-0.4, -0.2) is 6.54 Å². The van der Waals surface area contributed by atoms with Crippen LogP contribution < -0.4 is 5.73 Å². The summed E-state index contributed by atoms with van der Waals surface area (Å²) in [5.41, 5.74) is 7.11. The fourth-order valence-corrected chi connectivity index (χ4v) is 1.83. The van der Waals surface area contributed by atoms with Crippen molar-refractivity contribution >= 4 is 0 Å². The van der Waals surface area contributed by atoms with Crippen molar-refractivity contribution < 1.29 is 0 Å². The van der Waals surface area contributed by atoms with Gasteiger partial charge < -0.3 is 5.73 Å². The molecule has 13 heavy (non-hydrogen) atoms. The smallest absolute Gasteiger partial charge is 0.00457 e. The van der Waals surface area contributed by atoms with E-state index < -0.39 is 0 Å². The molecule has 0 aliphatic carbocycles. The van der Waals surface area contributed by atoms with Crippen LogP contribution in [0, 0.1) is 5.92 Å². The Balaban J connectivity index is 2.78. The molecule has 0 amide bonds. The molecule has 0 radical (unpaired) electrons. The van der Waals surface area contributed by atoms with Crippen molar-refractivity contribution in [1.82, 2.24) is 0 Å². The highest BCUT2D eigenvalue weighted by Crippen LogP contribution is 2.26. The molecule has 0 fully saturated rings. The monoisotopic (exact) mass is 177 g/mol. The first-order valence-corrected chi connectivity index (χ1v) is 5.04. The summed E-state index contributed by atoms with van der Waals surface area (Å²) in [6.07, 6.45) is 1.17. The van der Waals surface area contributed by atoms with Crippen LogP contribution in [0.1, 0.15) is 31.7 Å². The van der Waals surface area contributed by atoms with E-state index >= 15 is 0 Å². The van der Waals surface area contributed by atoms with Crippen LogP contribution >= 0.6 is 0 Å². The molecule has 1 nitrogen and oxygen atoms in total. The van der Waals surface area contributed by atoms with Gasteiger partial charge in [0, 0.05) is 0 Å². The Labute approximate surface area is 81.0 Å². The van der Waals surface area contributed by atoms with Gasteiger partial charge >= 0.3 is 0 Å². The van der Waals surface area contributed by atoms with Crippen LogP contribution in [-0.2, 0) is 0 Å². The van der Waals surface area contributed by atoms with Gasteiger partial charge in [-0.1, -0.05) is 44.2 Å². The topological polar surface area (TPSA) is 26.0 Å². The molecular formula is C12H19N. The Morgan fingerprint density at radius 2 is 1.85 bits per heavy atom. The summed E-state index contributed by atoms with van der Waals surface area (Å²) in [6, 6.07) is 10.6. The van der Waals surface area contributed by atoms with Crippen LogP contribution in [0.2, 0.25) is 0 Å². The largest absolute Gasteiger partial charge is 0.330 e. The van der Waals surface area contributed by atoms with E-state index in [-0.39, 0.29) is 0 Å². The number of rotatable bonds is 4. The normalized spacial score (nSPS) is 15.3. The fraction of sp³-hybridized carbons (Fsp3) is 0.500. The summed E-state index contributed by atoms with van der Waals surface area (Å²) in [6.45, 7) is 5.22. The average Bonchev–Trinajstić information content (AvgIpc) is 2.20. The SMILES string of the molecule is CCC(c1ccccc1)C(C)CN. The minimum absolute atomic E-state index is 0.576. The second-order valence-electron chi connectivity index (χ2n) is 3.64. The van der Waals surface area contributed by atoms with Gasteiger partial charge in [0.25, 0.3) is 0 Å². The summed E-state index contributed by atoms with van der Waals surface area (Å²) >= 11 is 0. The van der Waals surface area contributed by atoms with Crippen LogP contribution in [0.3, 0.4) is 0 Å². The first-order valence-electron chi connectivity index (χ1n) is 5.04. The maximum absolute atomic E-state index is 5.69. The van der Waals surface area contributed by atoms with Gasteiger partial charge in [-0.3, -0.25) is 0 Å². The molecule has 0 aliphatic rings. The van der Waals surface area contributed by atoms with Crippen molar-refractivity contribution in [2.24, 2.45) is 11.7 Å². The standard InChI is InChI=1S/C12H19N/c1-3-12(10(2)9-13)11-7-5-4-6-8-11/h4-8,10,12H,3,9,13H2,1-2H3. The van der Waals surface area contributed by atoms with Gasteiger partial charge in [-0.05, 0) is 30.4 Å². The number of hydrogen-bond acceptors (Lipinski definition) is 1. The van der Waals surface area contributed by atoms with E-state index in [0.717, 1.165) is 6.54 Å². The van der Waals surface area contributed by atoms with Crippen molar-refractivity contribution in [2.45, 2.75) is 26.2 Å². The molecule has 0 heterocycles. The zero-order valence-corrected chi connectivity index (χ0v) is 8.53. The molecule has 0 spiro atoms. The lowest BCUT2D eigenvalue weighted by atomic mass is 9.85. The summed E-state index contributed by atoms with van der Waals surface area (Å²) in [5.74, 6) is 1.19. The molecule has 0 aromatic heterocycles. The van der Waals surface area contributed by atoms with Gasteiger partial charge in [0.2, 0.25) is 0 Å². The Morgan fingerprint density at radius 1 is 1.23 bits per heavy atom. The maximum Gasteiger partial charge on any atom is -0.00457 e. The van der Waals surface area contributed by atoms with E-state index in [9.17, 15) is 0 Å². The van der Waals surface area contributed by atoms with E-state index in [0.29, 0.717) is 11.8 Å². The summed E-state index contributed by atoms with van der Waals surface area (Å²) in [4.78, 5) is 0. The molecule has 0 saturated carbocycles. The highest BCUT2D eigenvalue weighted by molar-refractivity contribution is 5.20. The van der Waals surface area contributed by atoms with Crippen LogP contribution in [0.15, 0.2) is 30.3 Å². The van der Waals surface area contributed by atoms with Crippen LogP contribution in [0.25, 0.3) is 0 Å². The summed E-state index contributed by atoms with van der Waals surface area (Å²) in [7, 11) is 0. The van der Waals surface area contributed by atoms with Gasteiger partial charge in [0.05, 0.1) is 0 Å². The zero-order valence-electron chi connectivity index (χ0n) is 8.53. The fourth-order valence-electron chi connectivity index (χ4n) is 1.83. The molecule has 1 heteroatoms. The third-order valence-electron chi connectivity index (χ3n) is 2.73. The molecule has 2 N–H and O–H groups in total. The van der Waals surface area contributed by atoms with E-state index in [4.69, 9.17) is 5.73 Å². The van der Waals surface area contributed by atoms with Crippen LogP contribution in [0.5, 0.6) is 0 Å². The predicted molar refractivity (Wildman–Crippen MR) is 57.7 cm³/mol. The van der Waals surface area contributed by atoms with E-state index in [1.54, 1.807) is 0 Å². The molecule has 72 valence electrons. The molecule has 0 saturated heterocycles. The first kappa shape index (κ1) is 10.3. The van der Waals surface area contributed by atoms with Gasteiger partial charge in [-0.15, -0.1) is 0 Å². The van der Waals surface area contributed by atoms with Gasteiger partial charge in [-0.25, -0.2) is 0 Å². The Hall–Kier alpha value is -0.820. The Bertz CT molecular complexity index is 230. The molecule has 2 atom stereocenters. The first-order chi connectivity index (χ1) is 6.29. The summed E-state index contributed by atoms with van der Waals surface area (Å²) in [5, 5.41) is 0. The molecule has 1 aromatic carbocycles. The Kier molecular flexibility index (Phi) is 3.97. The molecule has 1 aromatic rings. The van der Waals surface area contributed by atoms with Crippen molar-refractivity contribution in [2.75, 3.05) is 6.54 Å². The lowest BCUT2D eigenvalue weighted by Crippen LogP contribution is -2.18. The van der Waals surface area contributed by atoms with Gasteiger partial charge in [0.15, 0.2) is 0 Å². The van der Waals surface area contributed by atoms with Crippen molar-refractivity contribution in [3.8, 4) is 0 Å². The highest BCUT2D eigenvalue weighted by Gasteiger charge is 2.15. The van der Waals surface area contributed by atoms with E-state index in [2.05, 4.69) is 44.2 Å². The summed E-state index contributed by atoms with van der Waals surface area (Å²) < 4.78 is 0. The number of hydrogen-bond donors (Lipinski definition) is 1. The van der Waals surface area contributed by atoms with Crippen molar-refractivity contribution in [1.29, 1.82) is 0 Å². The van der Waals surface area contributed by atoms with Gasteiger partial charge in [-0.2, -0.15) is 0 Å².